The first-order valence-electron chi connectivity index (χ1n) is 7.57. The second kappa shape index (κ2) is 6.39. The number of benzene rings is 2. The molecule has 1 saturated heterocycles. The van der Waals surface area contributed by atoms with Gasteiger partial charge >= 0.3 is 0 Å². The van der Waals surface area contributed by atoms with Gasteiger partial charge in [0.1, 0.15) is 11.6 Å². The Morgan fingerprint density at radius 3 is 2.62 bits per heavy atom. The number of hydrogen-bond donors (Lipinski definition) is 1. The van der Waals surface area contributed by atoms with E-state index in [1.54, 1.807) is 25.1 Å². The normalized spacial score (nSPS) is 17.2. The second-order valence-corrected chi connectivity index (χ2v) is 5.81. The number of carbonyl (C=O) groups is 2. The molecular weight excluding hydrogens is 314 g/mol. The van der Waals surface area contributed by atoms with E-state index in [4.69, 9.17) is 0 Å². The van der Waals surface area contributed by atoms with Crippen molar-refractivity contribution in [2.45, 2.75) is 13.3 Å². The molecule has 1 heterocycles. The highest BCUT2D eigenvalue weighted by molar-refractivity contribution is 6.03. The second-order valence-electron chi connectivity index (χ2n) is 5.81. The van der Waals surface area contributed by atoms with Crippen molar-refractivity contribution in [3.05, 3.63) is 59.7 Å². The minimum atomic E-state index is -0.610. The SMILES string of the molecule is Cc1ccc(NC(=O)[C@H]2CC(=O)N(c3ccccc3F)C2)cc1F. The fraction of sp³-hybridized carbons (Fsp3) is 0.222. The molecule has 0 aliphatic carbocycles. The van der Waals surface area contributed by atoms with Crippen LogP contribution in [-0.2, 0) is 9.59 Å². The number of anilines is 2. The molecule has 3 rings (SSSR count). The van der Waals surface area contributed by atoms with E-state index in [0.29, 0.717) is 11.3 Å². The Morgan fingerprint density at radius 2 is 1.92 bits per heavy atom. The highest BCUT2D eigenvalue weighted by Gasteiger charge is 2.36. The first-order valence-corrected chi connectivity index (χ1v) is 7.57. The zero-order chi connectivity index (χ0) is 17.3. The lowest BCUT2D eigenvalue weighted by atomic mass is 10.1. The maximum atomic E-state index is 13.8. The van der Waals surface area contributed by atoms with E-state index >= 15 is 0 Å². The maximum Gasteiger partial charge on any atom is 0.229 e. The van der Waals surface area contributed by atoms with Gasteiger partial charge in [0.25, 0.3) is 0 Å². The van der Waals surface area contributed by atoms with Gasteiger partial charge in [-0.15, -0.1) is 0 Å². The summed E-state index contributed by atoms with van der Waals surface area (Å²) in [6.07, 6.45) is -0.00545. The number of carbonyl (C=O) groups excluding carboxylic acids is 2. The van der Waals surface area contributed by atoms with Crippen molar-refractivity contribution in [1.29, 1.82) is 0 Å². The molecule has 1 aliphatic heterocycles. The Hall–Kier alpha value is -2.76. The van der Waals surface area contributed by atoms with E-state index in [0.717, 1.165) is 0 Å². The van der Waals surface area contributed by atoms with E-state index in [1.165, 1.54) is 29.2 Å². The average Bonchev–Trinajstić information content (AvgIpc) is 2.93. The molecule has 1 N–H and O–H groups in total. The quantitative estimate of drug-likeness (QED) is 0.939. The van der Waals surface area contributed by atoms with Gasteiger partial charge in [-0.25, -0.2) is 8.78 Å². The standard InChI is InChI=1S/C18H16F2N2O2/c1-11-6-7-13(9-15(11)20)21-18(24)12-8-17(23)22(10-12)16-5-3-2-4-14(16)19/h2-7,9,12H,8,10H2,1H3,(H,21,24)/t12-/m0/s1. The molecule has 2 aromatic rings. The number of rotatable bonds is 3. The Bertz CT molecular complexity index is 807. The largest absolute Gasteiger partial charge is 0.326 e. The third-order valence-corrected chi connectivity index (χ3v) is 4.08. The Labute approximate surface area is 138 Å². The molecule has 2 amide bonds. The summed E-state index contributed by atoms with van der Waals surface area (Å²) < 4.78 is 27.4. The van der Waals surface area contributed by atoms with E-state index in [9.17, 15) is 18.4 Å². The smallest absolute Gasteiger partial charge is 0.229 e. The fourth-order valence-corrected chi connectivity index (χ4v) is 2.70. The molecule has 6 heteroatoms. The molecule has 124 valence electrons. The van der Waals surface area contributed by atoms with E-state index < -0.39 is 17.6 Å². The molecule has 0 radical (unpaired) electrons. The van der Waals surface area contributed by atoms with E-state index in [2.05, 4.69) is 5.32 Å². The minimum Gasteiger partial charge on any atom is -0.326 e. The summed E-state index contributed by atoms with van der Waals surface area (Å²) in [5.74, 6) is -2.22. The molecule has 0 spiro atoms. The number of hydrogen-bond acceptors (Lipinski definition) is 2. The van der Waals surface area contributed by atoms with Crippen LogP contribution in [0.5, 0.6) is 0 Å². The Kier molecular flexibility index (Phi) is 4.29. The van der Waals surface area contributed by atoms with Gasteiger partial charge in [-0.2, -0.15) is 0 Å². The number of amides is 2. The van der Waals surface area contributed by atoms with Crippen molar-refractivity contribution < 1.29 is 18.4 Å². The lowest BCUT2D eigenvalue weighted by Crippen LogP contribution is -2.28. The zero-order valence-electron chi connectivity index (χ0n) is 13.1. The third kappa shape index (κ3) is 3.13. The summed E-state index contributed by atoms with van der Waals surface area (Å²) in [6.45, 7) is 1.72. The monoisotopic (exact) mass is 330 g/mol. The average molecular weight is 330 g/mol. The van der Waals surface area contributed by atoms with Crippen molar-refractivity contribution in [1.82, 2.24) is 0 Å². The number of para-hydroxylation sites is 1. The molecule has 1 fully saturated rings. The van der Waals surface area contributed by atoms with Gasteiger partial charge in [0.2, 0.25) is 11.8 Å². The molecule has 4 nitrogen and oxygen atoms in total. The van der Waals surface area contributed by atoms with Crippen LogP contribution in [0.2, 0.25) is 0 Å². The van der Waals surface area contributed by atoms with Crippen LogP contribution in [-0.4, -0.2) is 18.4 Å². The first kappa shape index (κ1) is 16.1. The van der Waals surface area contributed by atoms with Crippen LogP contribution >= 0.6 is 0 Å². The third-order valence-electron chi connectivity index (χ3n) is 4.08. The molecule has 24 heavy (non-hydrogen) atoms. The van der Waals surface area contributed by atoms with Crippen LogP contribution < -0.4 is 10.2 Å². The first-order chi connectivity index (χ1) is 11.5. The number of halogens is 2. The lowest BCUT2D eigenvalue weighted by molar-refractivity contribution is -0.122. The summed E-state index contributed by atoms with van der Waals surface area (Å²) in [6, 6.07) is 10.3. The molecule has 1 aliphatic rings. The molecule has 2 aromatic carbocycles. The Morgan fingerprint density at radius 1 is 1.17 bits per heavy atom. The highest BCUT2D eigenvalue weighted by Crippen LogP contribution is 2.28. The van der Waals surface area contributed by atoms with Crippen molar-refractivity contribution in [2.75, 3.05) is 16.8 Å². The van der Waals surface area contributed by atoms with Gasteiger partial charge in [0.05, 0.1) is 11.6 Å². The van der Waals surface area contributed by atoms with Crippen molar-refractivity contribution >= 4 is 23.2 Å². The van der Waals surface area contributed by atoms with E-state index in [-0.39, 0.29) is 30.5 Å². The zero-order valence-corrected chi connectivity index (χ0v) is 13.1. The van der Waals surface area contributed by atoms with E-state index in [1.807, 2.05) is 0 Å². The van der Waals surface area contributed by atoms with Gasteiger partial charge in [0, 0.05) is 18.7 Å². The van der Waals surface area contributed by atoms with Crippen molar-refractivity contribution in [3.63, 3.8) is 0 Å². The number of nitrogens with one attached hydrogen (secondary N) is 1. The van der Waals surface area contributed by atoms with Crippen molar-refractivity contribution in [2.24, 2.45) is 5.92 Å². The number of aryl methyl sites for hydroxylation is 1. The van der Waals surface area contributed by atoms with Crippen molar-refractivity contribution in [3.8, 4) is 0 Å². The number of nitrogens with zero attached hydrogens (tertiary/aromatic N) is 1. The summed E-state index contributed by atoms with van der Waals surface area (Å²) in [7, 11) is 0. The molecule has 0 aromatic heterocycles. The predicted octanol–water partition coefficient (Wildman–Crippen LogP) is 3.26. The molecule has 0 bridgehead atoms. The molecule has 0 unspecified atom stereocenters. The van der Waals surface area contributed by atoms with Gasteiger partial charge < -0.3 is 10.2 Å². The fourth-order valence-electron chi connectivity index (χ4n) is 2.70. The van der Waals surface area contributed by atoms with Crippen LogP contribution in [0.25, 0.3) is 0 Å². The summed E-state index contributed by atoms with van der Waals surface area (Å²) in [5, 5.41) is 2.61. The van der Waals surface area contributed by atoms with Crippen LogP contribution in [0, 0.1) is 24.5 Å². The minimum absolute atomic E-state index is 0.00545. The van der Waals surface area contributed by atoms with Crippen LogP contribution in [0.4, 0.5) is 20.2 Å². The summed E-state index contributed by atoms with van der Waals surface area (Å²) in [4.78, 5) is 25.7. The molecular formula is C18H16F2N2O2. The van der Waals surface area contributed by atoms with Crippen LogP contribution in [0.15, 0.2) is 42.5 Å². The summed E-state index contributed by atoms with van der Waals surface area (Å²) in [5.41, 5.74) is 0.980. The van der Waals surface area contributed by atoms with Crippen LogP contribution in [0.1, 0.15) is 12.0 Å². The summed E-state index contributed by atoms with van der Waals surface area (Å²) >= 11 is 0. The molecule has 1 atom stereocenters. The Balaban J connectivity index is 1.72. The van der Waals surface area contributed by atoms with Gasteiger partial charge in [-0.05, 0) is 36.8 Å². The topological polar surface area (TPSA) is 49.4 Å². The maximum absolute atomic E-state index is 13.8. The van der Waals surface area contributed by atoms with Gasteiger partial charge in [0.15, 0.2) is 0 Å². The molecule has 0 saturated carbocycles. The van der Waals surface area contributed by atoms with Gasteiger partial charge in [-0.3, -0.25) is 9.59 Å². The van der Waals surface area contributed by atoms with Crippen LogP contribution in [0.3, 0.4) is 0 Å². The highest BCUT2D eigenvalue weighted by atomic mass is 19.1. The van der Waals surface area contributed by atoms with Gasteiger partial charge in [-0.1, -0.05) is 18.2 Å². The lowest BCUT2D eigenvalue weighted by Gasteiger charge is -2.17. The predicted molar refractivity (Wildman–Crippen MR) is 86.6 cm³/mol.